The van der Waals surface area contributed by atoms with Crippen LogP contribution in [-0.2, 0) is 4.79 Å². The number of piperidine rings is 1. The van der Waals surface area contributed by atoms with Crippen molar-refractivity contribution in [2.45, 2.75) is 13.3 Å². The van der Waals surface area contributed by atoms with Gasteiger partial charge in [-0.3, -0.25) is 24.6 Å². The predicted molar refractivity (Wildman–Crippen MR) is 67.0 cm³/mol. The van der Waals surface area contributed by atoms with E-state index >= 15 is 0 Å². The summed E-state index contributed by atoms with van der Waals surface area (Å²) in [4.78, 5) is 37.8. The molecule has 0 aromatic carbocycles. The molecule has 1 aliphatic rings. The fourth-order valence-electron chi connectivity index (χ4n) is 2.18. The van der Waals surface area contributed by atoms with Gasteiger partial charge in [-0.15, -0.1) is 0 Å². The van der Waals surface area contributed by atoms with Crippen LogP contribution < -0.4 is 0 Å². The number of ketones is 2. The second-order valence-corrected chi connectivity index (χ2v) is 4.80. The molecule has 19 heavy (non-hydrogen) atoms. The summed E-state index contributed by atoms with van der Waals surface area (Å²) in [6, 6.07) is 1.24. The minimum absolute atomic E-state index is 0.0560. The van der Waals surface area contributed by atoms with Crippen LogP contribution >= 0.6 is 0 Å². The number of carbonyl (C=O) groups is 2. The molecule has 1 aromatic rings. The van der Waals surface area contributed by atoms with Gasteiger partial charge in [0.15, 0.2) is 5.78 Å². The number of rotatable bonds is 4. The van der Waals surface area contributed by atoms with E-state index in [4.69, 9.17) is 0 Å². The first kappa shape index (κ1) is 13.4. The minimum atomic E-state index is -0.547. The zero-order valence-electron chi connectivity index (χ0n) is 10.6. The average molecular weight is 265 g/mol. The van der Waals surface area contributed by atoms with E-state index in [1.54, 1.807) is 0 Å². The lowest BCUT2D eigenvalue weighted by molar-refractivity contribution is -0.384. The molecule has 1 N–H and O–H groups in total. The molecule has 7 nitrogen and oxygen atoms in total. The highest BCUT2D eigenvalue weighted by molar-refractivity contribution is 5.96. The van der Waals surface area contributed by atoms with Gasteiger partial charge in [0.2, 0.25) is 0 Å². The molecule has 7 heteroatoms. The van der Waals surface area contributed by atoms with Gasteiger partial charge in [0.1, 0.15) is 5.78 Å². The summed E-state index contributed by atoms with van der Waals surface area (Å²) in [6.07, 6.45) is 1.66. The number of aromatic nitrogens is 1. The number of nitrogens with one attached hydrogen (secondary N) is 1. The SMILES string of the molecule is CC1CN(CC(=O)c2cc([N+](=O)[O-])c[nH]2)CCC1=O. The summed E-state index contributed by atoms with van der Waals surface area (Å²) in [5.41, 5.74) is 0.113. The van der Waals surface area contributed by atoms with Crippen LogP contribution in [0.1, 0.15) is 23.8 Å². The molecule has 1 saturated heterocycles. The van der Waals surface area contributed by atoms with Gasteiger partial charge in [0.05, 0.1) is 23.4 Å². The number of aromatic amines is 1. The van der Waals surface area contributed by atoms with Crippen molar-refractivity contribution in [2.75, 3.05) is 19.6 Å². The third-order valence-electron chi connectivity index (χ3n) is 3.30. The fraction of sp³-hybridized carbons (Fsp3) is 0.500. The Labute approximate surface area is 109 Å². The molecule has 1 aromatic heterocycles. The first-order valence-corrected chi connectivity index (χ1v) is 6.08. The van der Waals surface area contributed by atoms with Crippen LogP contribution in [-0.4, -0.2) is 46.0 Å². The quantitative estimate of drug-likeness (QED) is 0.498. The number of nitrogens with zero attached hydrogens (tertiary/aromatic N) is 2. The highest BCUT2D eigenvalue weighted by Gasteiger charge is 2.25. The van der Waals surface area contributed by atoms with Crippen LogP contribution in [0.4, 0.5) is 5.69 Å². The van der Waals surface area contributed by atoms with Crippen molar-refractivity contribution in [3.63, 3.8) is 0 Å². The Bertz CT molecular complexity index is 523. The molecular weight excluding hydrogens is 250 g/mol. The van der Waals surface area contributed by atoms with E-state index in [-0.39, 0.29) is 35.4 Å². The first-order chi connectivity index (χ1) is 8.97. The van der Waals surface area contributed by atoms with E-state index in [1.807, 2.05) is 11.8 Å². The van der Waals surface area contributed by atoms with Gasteiger partial charge in [-0.25, -0.2) is 0 Å². The molecule has 0 radical (unpaired) electrons. The van der Waals surface area contributed by atoms with Crippen LogP contribution in [0.5, 0.6) is 0 Å². The van der Waals surface area contributed by atoms with Crippen molar-refractivity contribution < 1.29 is 14.5 Å². The topological polar surface area (TPSA) is 96.3 Å². The van der Waals surface area contributed by atoms with Gasteiger partial charge in [-0.2, -0.15) is 0 Å². The molecule has 2 heterocycles. The molecule has 1 fully saturated rings. The molecule has 1 atom stereocenters. The van der Waals surface area contributed by atoms with Crippen molar-refractivity contribution in [1.82, 2.24) is 9.88 Å². The average Bonchev–Trinajstić information content (AvgIpc) is 2.83. The van der Waals surface area contributed by atoms with E-state index < -0.39 is 4.92 Å². The monoisotopic (exact) mass is 265 g/mol. The number of H-pyrrole nitrogens is 1. The number of hydrogen-bond donors (Lipinski definition) is 1. The molecule has 2 rings (SSSR count). The van der Waals surface area contributed by atoms with E-state index in [2.05, 4.69) is 4.98 Å². The predicted octanol–water partition coefficient (Wildman–Crippen LogP) is 1.02. The van der Waals surface area contributed by atoms with Gasteiger partial charge in [-0.1, -0.05) is 6.92 Å². The molecule has 1 aliphatic heterocycles. The lowest BCUT2D eigenvalue weighted by atomic mass is 9.98. The van der Waals surface area contributed by atoms with Gasteiger partial charge in [-0.05, 0) is 0 Å². The summed E-state index contributed by atoms with van der Waals surface area (Å²) in [5, 5.41) is 10.5. The van der Waals surface area contributed by atoms with Crippen LogP contribution in [0.3, 0.4) is 0 Å². The smallest absolute Gasteiger partial charge is 0.287 e. The van der Waals surface area contributed by atoms with Crippen LogP contribution in [0.2, 0.25) is 0 Å². The van der Waals surface area contributed by atoms with E-state index in [0.717, 1.165) is 0 Å². The lowest BCUT2D eigenvalue weighted by Gasteiger charge is -2.28. The second kappa shape index (κ2) is 5.31. The van der Waals surface area contributed by atoms with Gasteiger partial charge in [0.25, 0.3) is 5.69 Å². The van der Waals surface area contributed by atoms with E-state index in [9.17, 15) is 19.7 Å². The van der Waals surface area contributed by atoms with Gasteiger partial charge in [0, 0.05) is 31.5 Å². The van der Waals surface area contributed by atoms with Crippen LogP contribution in [0, 0.1) is 16.0 Å². The normalized spacial score (nSPS) is 20.5. The van der Waals surface area contributed by atoms with Crippen molar-refractivity contribution >= 4 is 17.3 Å². The zero-order chi connectivity index (χ0) is 14.0. The van der Waals surface area contributed by atoms with Gasteiger partial charge >= 0.3 is 0 Å². The number of Topliss-reactive ketones (excluding diaryl/α,β-unsaturated/α-hetero) is 2. The molecule has 0 amide bonds. The standard InChI is InChI=1S/C12H15N3O4/c1-8-6-14(3-2-11(8)16)7-12(17)10-4-9(5-13-10)15(18)19/h4-5,8,13H,2-3,6-7H2,1H3. The maximum Gasteiger partial charge on any atom is 0.287 e. The molecule has 0 aliphatic carbocycles. The molecule has 102 valence electrons. The summed E-state index contributed by atoms with van der Waals surface area (Å²) in [5.74, 6) is -0.0339. The summed E-state index contributed by atoms with van der Waals surface area (Å²) < 4.78 is 0. The van der Waals surface area contributed by atoms with Crippen LogP contribution in [0.15, 0.2) is 12.3 Å². The maximum atomic E-state index is 12.0. The summed E-state index contributed by atoms with van der Waals surface area (Å²) in [7, 11) is 0. The Kier molecular flexibility index (Phi) is 3.75. The van der Waals surface area contributed by atoms with E-state index in [1.165, 1.54) is 12.3 Å². The highest BCUT2D eigenvalue weighted by Crippen LogP contribution is 2.15. The fourth-order valence-corrected chi connectivity index (χ4v) is 2.18. The Balaban J connectivity index is 1.97. The second-order valence-electron chi connectivity index (χ2n) is 4.80. The largest absolute Gasteiger partial charge is 0.353 e. The Morgan fingerprint density at radius 3 is 2.95 bits per heavy atom. The molecule has 0 bridgehead atoms. The zero-order valence-corrected chi connectivity index (χ0v) is 10.6. The van der Waals surface area contributed by atoms with Gasteiger partial charge < -0.3 is 4.98 Å². The number of likely N-dealkylation sites (tertiary alicyclic amines) is 1. The molecular formula is C12H15N3O4. The summed E-state index contributed by atoms with van der Waals surface area (Å²) in [6.45, 7) is 3.15. The highest BCUT2D eigenvalue weighted by atomic mass is 16.6. The lowest BCUT2D eigenvalue weighted by Crippen LogP contribution is -2.42. The minimum Gasteiger partial charge on any atom is -0.353 e. The molecule has 1 unspecified atom stereocenters. The number of hydrogen-bond acceptors (Lipinski definition) is 5. The Morgan fingerprint density at radius 2 is 2.37 bits per heavy atom. The molecule has 0 saturated carbocycles. The summed E-state index contributed by atoms with van der Waals surface area (Å²) >= 11 is 0. The Hall–Kier alpha value is -2.02. The van der Waals surface area contributed by atoms with Crippen molar-refractivity contribution in [3.8, 4) is 0 Å². The van der Waals surface area contributed by atoms with Crippen molar-refractivity contribution in [2.24, 2.45) is 5.92 Å². The maximum absolute atomic E-state index is 12.0. The third kappa shape index (κ3) is 3.05. The van der Waals surface area contributed by atoms with Crippen molar-refractivity contribution in [3.05, 3.63) is 28.1 Å². The van der Waals surface area contributed by atoms with Crippen molar-refractivity contribution in [1.29, 1.82) is 0 Å². The third-order valence-corrected chi connectivity index (χ3v) is 3.30. The number of carbonyl (C=O) groups excluding carboxylic acids is 2. The molecule has 0 spiro atoms. The Morgan fingerprint density at radius 1 is 1.63 bits per heavy atom. The number of nitro groups is 1. The van der Waals surface area contributed by atoms with E-state index in [0.29, 0.717) is 19.5 Å². The van der Waals surface area contributed by atoms with Crippen LogP contribution in [0.25, 0.3) is 0 Å². The first-order valence-electron chi connectivity index (χ1n) is 6.08.